The lowest BCUT2D eigenvalue weighted by molar-refractivity contribution is 0.198. The number of halogens is 1. The summed E-state index contributed by atoms with van der Waals surface area (Å²) in [5.74, 6) is 0.678. The minimum Gasteiger partial charge on any atom is -0.392 e. The first kappa shape index (κ1) is 16.6. The Bertz CT molecular complexity index is 556. The Labute approximate surface area is 138 Å². The van der Waals surface area contributed by atoms with E-state index in [0.717, 1.165) is 16.6 Å². The van der Waals surface area contributed by atoms with Gasteiger partial charge in [0.1, 0.15) is 0 Å². The second-order valence-electron chi connectivity index (χ2n) is 5.17. The third-order valence-electron chi connectivity index (χ3n) is 3.41. The van der Waals surface area contributed by atoms with E-state index in [2.05, 4.69) is 47.0 Å². The molecule has 2 rings (SSSR count). The van der Waals surface area contributed by atoms with Crippen LogP contribution in [0, 0.1) is 0 Å². The molecule has 0 aliphatic rings. The molecule has 1 N–H and O–H groups in total. The fourth-order valence-electron chi connectivity index (χ4n) is 1.94. The molecule has 0 saturated carbocycles. The van der Waals surface area contributed by atoms with Crippen LogP contribution in [0.3, 0.4) is 0 Å². The van der Waals surface area contributed by atoms with Crippen molar-refractivity contribution < 1.29 is 5.11 Å². The molecule has 2 aromatic rings. The minimum atomic E-state index is -0.376. The van der Waals surface area contributed by atoms with E-state index in [-0.39, 0.29) is 6.10 Å². The summed E-state index contributed by atoms with van der Waals surface area (Å²) >= 11 is 5.09. The van der Waals surface area contributed by atoms with Crippen molar-refractivity contribution in [2.75, 3.05) is 5.75 Å². The summed E-state index contributed by atoms with van der Waals surface area (Å²) in [6, 6.07) is 10.6. The summed E-state index contributed by atoms with van der Waals surface area (Å²) in [6.07, 6.45) is 3.28. The van der Waals surface area contributed by atoms with E-state index in [0.29, 0.717) is 18.2 Å². The Morgan fingerprint density at radius 1 is 1.29 bits per heavy atom. The maximum atomic E-state index is 10.1. The third kappa shape index (κ3) is 5.16. The van der Waals surface area contributed by atoms with Crippen molar-refractivity contribution in [3.63, 3.8) is 0 Å². The number of aliphatic hydroxyl groups excluding tert-OH is 1. The molecular weight excluding hydrogens is 348 g/mol. The molecule has 0 amide bonds. The van der Waals surface area contributed by atoms with Gasteiger partial charge in [0.2, 0.25) is 0 Å². The molecule has 3 nitrogen and oxygen atoms in total. The number of hydrogen-bond acceptors (Lipinski definition) is 3. The van der Waals surface area contributed by atoms with Crippen LogP contribution < -0.4 is 0 Å². The lowest BCUT2D eigenvalue weighted by atomic mass is 10.2. The van der Waals surface area contributed by atoms with Crippen molar-refractivity contribution in [3.8, 4) is 0 Å². The fourth-order valence-corrected chi connectivity index (χ4v) is 3.04. The summed E-state index contributed by atoms with van der Waals surface area (Å²) in [7, 11) is 0. The summed E-state index contributed by atoms with van der Waals surface area (Å²) in [4.78, 5) is 1.17. The Morgan fingerprint density at radius 2 is 2.00 bits per heavy atom. The first-order chi connectivity index (χ1) is 10.1. The van der Waals surface area contributed by atoms with Crippen LogP contribution in [0.5, 0.6) is 0 Å². The molecule has 2 atom stereocenters. The van der Waals surface area contributed by atoms with Crippen LogP contribution in [-0.2, 0) is 6.42 Å². The van der Waals surface area contributed by atoms with Gasteiger partial charge in [0.25, 0.3) is 0 Å². The number of rotatable bonds is 7. The standard InChI is InChI=1S/C16H21BrN2OS/c1-3-12(2)19-9-8-14(18-19)10-15(20)11-21-16-6-4-13(17)5-7-16/h4-9,12,15,20H,3,10-11H2,1-2H3. The van der Waals surface area contributed by atoms with Crippen LogP contribution in [-0.4, -0.2) is 26.7 Å². The van der Waals surface area contributed by atoms with Crippen molar-refractivity contribution in [3.05, 3.63) is 46.7 Å². The lowest BCUT2D eigenvalue weighted by Crippen LogP contribution is -2.14. The number of benzene rings is 1. The predicted molar refractivity (Wildman–Crippen MR) is 91.8 cm³/mol. The molecule has 0 aliphatic carbocycles. The van der Waals surface area contributed by atoms with Gasteiger partial charge < -0.3 is 5.11 Å². The van der Waals surface area contributed by atoms with Gasteiger partial charge in [0.15, 0.2) is 0 Å². The van der Waals surface area contributed by atoms with Crippen LogP contribution in [0.25, 0.3) is 0 Å². The summed E-state index contributed by atoms with van der Waals surface area (Å²) < 4.78 is 3.05. The van der Waals surface area contributed by atoms with Gasteiger partial charge in [0.05, 0.1) is 11.8 Å². The van der Waals surface area contributed by atoms with Crippen molar-refractivity contribution >= 4 is 27.7 Å². The van der Waals surface area contributed by atoms with Crippen LogP contribution in [0.15, 0.2) is 45.9 Å². The van der Waals surface area contributed by atoms with Gasteiger partial charge in [-0.1, -0.05) is 22.9 Å². The van der Waals surface area contributed by atoms with Crippen molar-refractivity contribution in [2.45, 2.75) is 43.7 Å². The highest BCUT2D eigenvalue weighted by molar-refractivity contribution is 9.10. The normalized spacial score (nSPS) is 14.1. The third-order valence-corrected chi connectivity index (χ3v) is 5.09. The zero-order valence-electron chi connectivity index (χ0n) is 12.4. The minimum absolute atomic E-state index is 0.376. The van der Waals surface area contributed by atoms with Gasteiger partial charge in [-0.2, -0.15) is 5.10 Å². The topological polar surface area (TPSA) is 38.0 Å². The Balaban J connectivity index is 1.82. The second-order valence-corrected chi connectivity index (χ2v) is 7.18. The molecule has 0 fully saturated rings. The van der Waals surface area contributed by atoms with Crippen LogP contribution in [0.2, 0.25) is 0 Å². The van der Waals surface area contributed by atoms with E-state index in [4.69, 9.17) is 0 Å². The van der Waals surface area contributed by atoms with E-state index in [9.17, 15) is 5.11 Å². The molecule has 1 aromatic carbocycles. The van der Waals surface area contributed by atoms with E-state index in [1.54, 1.807) is 11.8 Å². The summed E-state index contributed by atoms with van der Waals surface area (Å²) in [6.45, 7) is 4.30. The number of nitrogens with zero attached hydrogens (tertiary/aromatic N) is 2. The van der Waals surface area contributed by atoms with E-state index < -0.39 is 0 Å². The van der Waals surface area contributed by atoms with Gasteiger partial charge in [-0.15, -0.1) is 11.8 Å². The van der Waals surface area contributed by atoms with Gasteiger partial charge in [-0.05, 0) is 43.7 Å². The molecule has 1 aromatic heterocycles. The molecular formula is C16H21BrN2OS. The fraction of sp³-hybridized carbons (Fsp3) is 0.438. The van der Waals surface area contributed by atoms with E-state index in [1.165, 1.54) is 4.90 Å². The molecule has 21 heavy (non-hydrogen) atoms. The van der Waals surface area contributed by atoms with Crippen molar-refractivity contribution in [2.24, 2.45) is 0 Å². The predicted octanol–water partition coefficient (Wildman–Crippen LogP) is 4.31. The second kappa shape index (κ2) is 8.01. The quantitative estimate of drug-likeness (QED) is 0.739. The lowest BCUT2D eigenvalue weighted by Gasteiger charge is -2.10. The smallest absolute Gasteiger partial charge is 0.0690 e. The molecule has 0 bridgehead atoms. The monoisotopic (exact) mass is 368 g/mol. The molecule has 0 spiro atoms. The van der Waals surface area contributed by atoms with Crippen LogP contribution in [0.4, 0.5) is 0 Å². The van der Waals surface area contributed by atoms with Gasteiger partial charge in [0, 0.05) is 33.8 Å². The first-order valence-electron chi connectivity index (χ1n) is 7.19. The summed E-state index contributed by atoms with van der Waals surface area (Å²) in [5, 5.41) is 14.7. The Hall–Kier alpha value is -0.780. The first-order valence-corrected chi connectivity index (χ1v) is 8.96. The number of aromatic nitrogens is 2. The molecule has 5 heteroatoms. The van der Waals surface area contributed by atoms with Crippen LogP contribution >= 0.6 is 27.7 Å². The molecule has 0 saturated heterocycles. The van der Waals surface area contributed by atoms with Gasteiger partial charge in [-0.25, -0.2) is 0 Å². The number of thioether (sulfide) groups is 1. The number of aliphatic hydroxyl groups is 1. The Morgan fingerprint density at radius 3 is 2.67 bits per heavy atom. The molecule has 1 heterocycles. The molecule has 114 valence electrons. The average molecular weight is 369 g/mol. The van der Waals surface area contributed by atoms with E-state index >= 15 is 0 Å². The van der Waals surface area contributed by atoms with Crippen LogP contribution in [0.1, 0.15) is 32.0 Å². The number of hydrogen-bond donors (Lipinski definition) is 1. The summed E-state index contributed by atoms with van der Waals surface area (Å²) in [5.41, 5.74) is 0.958. The average Bonchev–Trinajstić information content (AvgIpc) is 2.94. The highest BCUT2D eigenvalue weighted by atomic mass is 79.9. The van der Waals surface area contributed by atoms with E-state index in [1.807, 2.05) is 29.1 Å². The van der Waals surface area contributed by atoms with Gasteiger partial charge >= 0.3 is 0 Å². The van der Waals surface area contributed by atoms with Crippen molar-refractivity contribution in [1.82, 2.24) is 9.78 Å². The SMILES string of the molecule is CCC(C)n1ccc(CC(O)CSc2ccc(Br)cc2)n1. The largest absolute Gasteiger partial charge is 0.392 e. The Kier molecular flexibility index (Phi) is 6.33. The zero-order valence-corrected chi connectivity index (χ0v) is 14.8. The highest BCUT2D eigenvalue weighted by Crippen LogP contribution is 2.22. The molecule has 0 aliphatic heterocycles. The highest BCUT2D eigenvalue weighted by Gasteiger charge is 2.10. The maximum absolute atomic E-state index is 10.1. The van der Waals surface area contributed by atoms with Gasteiger partial charge in [-0.3, -0.25) is 4.68 Å². The van der Waals surface area contributed by atoms with Crippen molar-refractivity contribution in [1.29, 1.82) is 0 Å². The zero-order chi connectivity index (χ0) is 15.2. The molecule has 2 unspecified atom stereocenters. The maximum Gasteiger partial charge on any atom is 0.0690 e. The molecule has 0 radical (unpaired) electrons.